The van der Waals surface area contributed by atoms with E-state index in [-0.39, 0.29) is 11.0 Å². The maximum atomic E-state index is 5.50. The van der Waals surface area contributed by atoms with Crippen molar-refractivity contribution in [3.05, 3.63) is 30.1 Å². The standard InChI is InChI=1S/C7H8ClN.Si/c8-5-4-7-3-1-2-6-9-7;/h1-3,6H,4-5H2;. The van der Waals surface area contributed by atoms with Gasteiger partial charge in [-0.25, -0.2) is 0 Å². The van der Waals surface area contributed by atoms with Gasteiger partial charge in [0.1, 0.15) is 0 Å². The second-order valence-corrected chi connectivity index (χ2v) is 2.14. The number of halogens is 1. The molecule has 52 valence electrons. The molecule has 4 radical (unpaired) electrons. The topological polar surface area (TPSA) is 12.9 Å². The summed E-state index contributed by atoms with van der Waals surface area (Å²) in [5.74, 6) is 0.650. The van der Waals surface area contributed by atoms with Crippen LogP contribution in [0.1, 0.15) is 5.69 Å². The third-order valence-electron chi connectivity index (χ3n) is 1.08. The maximum absolute atomic E-state index is 5.50. The number of aryl methyl sites for hydroxylation is 1. The Bertz CT molecular complexity index is 167. The molecule has 0 atom stereocenters. The Kier molecular flexibility index (Phi) is 5.26. The van der Waals surface area contributed by atoms with Crippen molar-refractivity contribution in [1.82, 2.24) is 4.98 Å². The highest BCUT2D eigenvalue weighted by atomic mass is 35.5. The number of nitrogens with zero attached hydrogens (tertiary/aromatic N) is 1. The molecular formula is C7H8ClNSi. The minimum absolute atomic E-state index is 0. The van der Waals surface area contributed by atoms with Crippen molar-refractivity contribution in [1.29, 1.82) is 0 Å². The molecule has 0 spiro atoms. The first kappa shape index (κ1) is 9.66. The number of rotatable bonds is 2. The summed E-state index contributed by atoms with van der Waals surface area (Å²) in [4.78, 5) is 4.08. The van der Waals surface area contributed by atoms with E-state index in [1.165, 1.54) is 0 Å². The van der Waals surface area contributed by atoms with E-state index in [0.29, 0.717) is 5.88 Å². The molecule has 0 unspecified atom stereocenters. The molecule has 0 amide bonds. The molecule has 0 aromatic carbocycles. The third kappa shape index (κ3) is 2.99. The molecule has 1 nitrogen and oxygen atoms in total. The Labute approximate surface area is 70.5 Å². The molecular weight excluding hydrogens is 162 g/mol. The summed E-state index contributed by atoms with van der Waals surface area (Å²) < 4.78 is 0. The summed E-state index contributed by atoms with van der Waals surface area (Å²) in [6.45, 7) is 0. The van der Waals surface area contributed by atoms with Gasteiger partial charge in [-0.15, -0.1) is 11.6 Å². The Morgan fingerprint density at radius 3 is 2.70 bits per heavy atom. The van der Waals surface area contributed by atoms with Gasteiger partial charge in [0, 0.05) is 35.2 Å². The van der Waals surface area contributed by atoms with Crippen LogP contribution in [0.3, 0.4) is 0 Å². The first-order valence-electron chi connectivity index (χ1n) is 2.89. The number of hydrogen-bond acceptors (Lipinski definition) is 1. The lowest BCUT2D eigenvalue weighted by molar-refractivity contribution is 1.04. The Morgan fingerprint density at radius 2 is 2.20 bits per heavy atom. The van der Waals surface area contributed by atoms with Gasteiger partial charge in [0.2, 0.25) is 0 Å². The fraction of sp³-hybridized carbons (Fsp3) is 0.286. The van der Waals surface area contributed by atoms with E-state index < -0.39 is 0 Å². The fourth-order valence-corrected chi connectivity index (χ4v) is 0.836. The largest absolute Gasteiger partial charge is 0.261 e. The molecule has 0 fully saturated rings. The van der Waals surface area contributed by atoms with Crippen molar-refractivity contribution in [2.24, 2.45) is 0 Å². The van der Waals surface area contributed by atoms with Crippen molar-refractivity contribution in [2.45, 2.75) is 6.42 Å². The predicted octanol–water partition coefficient (Wildman–Crippen LogP) is 1.48. The van der Waals surface area contributed by atoms with Gasteiger partial charge < -0.3 is 0 Å². The van der Waals surface area contributed by atoms with Crippen molar-refractivity contribution in [3.63, 3.8) is 0 Å². The Morgan fingerprint density at radius 1 is 1.40 bits per heavy atom. The molecule has 1 rings (SSSR count). The molecule has 0 aliphatic rings. The normalized spacial score (nSPS) is 8.50. The van der Waals surface area contributed by atoms with Crippen LogP contribution in [0.4, 0.5) is 0 Å². The molecule has 1 heterocycles. The van der Waals surface area contributed by atoms with E-state index in [9.17, 15) is 0 Å². The summed E-state index contributed by atoms with van der Waals surface area (Å²) in [5.41, 5.74) is 1.06. The Balaban J connectivity index is 0.000000810. The van der Waals surface area contributed by atoms with E-state index in [1.807, 2.05) is 18.2 Å². The van der Waals surface area contributed by atoms with Gasteiger partial charge in [-0.05, 0) is 12.1 Å². The smallest absolute Gasteiger partial charge is 0.0415 e. The van der Waals surface area contributed by atoms with Crippen LogP contribution in [0.5, 0.6) is 0 Å². The van der Waals surface area contributed by atoms with Gasteiger partial charge >= 0.3 is 0 Å². The second-order valence-electron chi connectivity index (χ2n) is 1.76. The van der Waals surface area contributed by atoms with E-state index in [2.05, 4.69) is 4.98 Å². The highest BCUT2D eigenvalue weighted by Crippen LogP contribution is 1.94. The molecule has 0 saturated carbocycles. The highest BCUT2D eigenvalue weighted by molar-refractivity contribution is 6.17. The SMILES string of the molecule is ClCCc1ccccn1.[Si]. The zero-order valence-corrected chi connectivity index (χ0v) is 7.30. The third-order valence-corrected chi connectivity index (χ3v) is 1.27. The first-order valence-corrected chi connectivity index (χ1v) is 3.43. The van der Waals surface area contributed by atoms with Crippen molar-refractivity contribution >= 4 is 22.6 Å². The number of aromatic nitrogens is 1. The van der Waals surface area contributed by atoms with Gasteiger partial charge in [-0.2, -0.15) is 0 Å². The lowest BCUT2D eigenvalue weighted by Crippen LogP contribution is -1.87. The molecule has 0 aliphatic heterocycles. The van der Waals surface area contributed by atoms with Crippen molar-refractivity contribution < 1.29 is 0 Å². The summed E-state index contributed by atoms with van der Waals surface area (Å²) in [6, 6.07) is 5.84. The number of pyridine rings is 1. The Hall–Kier alpha value is -0.343. The monoisotopic (exact) mass is 169 g/mol. The van der Waals surface area contributed by atoms with Crippen LogP contribution in [0.2, 0.25) is 0 Å². The van der Waals surface area contributed by atoms with E-state index in [4.69, 9.17) is 11.6 Å². The van der Waals surface area contributed by atoms with Gasteiger partial charge in [-0.1, -0.05) is 6.07 Å². The average molecular weight is 170 g/mol. The van der Waals surface area contributed by atoms with Crippen LogP contribution >= 0.6 is 11.6 Å². The van der Waals surface area contributed by atoms with E-state index in [1.54, 1.807) is 6.20 Å². The van der Waals surface area contributed by atoms with Gasteiger partial charge in [0.05, 0.1) is 0 Å². The van der Waals surface area contributed by atoms with E-state index >= 15 is 0 Å². The zero-order valence-electron chi connectivity index (χ0n) is 5.55. The summed E-state index contributed by atoms with van der Waals surface area (Å²) in [6.07, 6.45) is 2.64. The fourth-order valence-electron chi connectivity index (χ4n) is 0.643. The van der Waals surface area contributed by atoms with E-state index in [0.717, 1.165) is 12.1 Å². The van der Waals surface area contributed by atoms with Crippen LogP contribution in [-0.4, -0.2) is 21.8 Å². The molecule has 0 aliphatic carbocycles. The average Bonchev–Trinajstić information content (AvgIpc) is 1.91. The lowest BCUT2D eigenvalue weighted by Gasteiger charge is -1.91. The minimum Gasteiger partial charge on any atom is -0.261 e. The number of hydrogen-bond donors (Lipinski definition) is 0. The molecule has 1 aromatic heterocycles. The van der Waals surface area contributed by atoms with Crippen LogP contribution in [0.25, 0.3) is 0 Å². The summed E-state index contributed by atoms with van der Waals surface area (Å²) in [7, 11) is 0. The summed E-state index contributed by atoms with van der Waals surface area (Å²) >= 11 is 5.50. The summed E-state index contributed by atoms with van der Waals surface area (Å²) in [5, 5.41) is 0. The van der Waals surface area contributed by atoms with Gasteiger partial charge in [-0.3, -0.25) is 4.98 Å². The first-order chi connectivity index (χ1) is 4.43. The van der Waals surface area contributed by atoms with Crippen LogP contribution in [0, 0.1) is 0 Å². The molecule has 0 bridgehead atoms. The minimum atomic E-state index is 0. The zero-order chi connectivity index (χ0) is 6.53. The lowest BCUT2D eigenvalue weighted by atomic mass is 10.3. The second kappa shape index (κ2) is 5.44. The quantitative estimate of drug-likeness (QED) is 0.483. The highest BCUT2D eigenvalue weighted by Gasteiger charge is 1.87. The molecule has 3 heteroatoms. The molecule has 0 saturated heterocycles. The predicted molar refractivity (Wildman–Crippen MR) is 44.4 cm³/mol. The molecule has 1 aromatic rings. The van der Waals surface area contributed by atoms with Crippen molar-refractivity contribution in [2.75, 3.05) is 5.88 Å². The molecule has 10 heavy (non-hydrogen) atoms. The van der Waals surface area contributed by atoms with Gasteiger partial charge in [0.15, 0.2) is 0 Å². The maximum Gasteiger partial charge on any atom is 0.0415 e. The van der Waals surface area contributed by atoms with Crippen LogP contribution < -0.4 is 0 Å². The number of alkyl halides is 1. The molecule has 0 N–H and O–H groups in total. The van der Waals surface area contributed by atoms with Crippen LogP contribution in [-0.2, 0) is 6.42 Å². The van der Waals surface area contributed by atoms with Crippen LogP contribution in [0.15, 0.2) is 24.4 Å². The van der Waals surface area contributed by atoms with Crippen molar-refractivity contribution in [3.8, 4) is 0 Å². The van der Waals surface area contributed by atoms with Gasteiger partial charge in [0.25, 0.3) is 0 Å².